The third-order valence-electron chi connectivity index (χ3n) is 1.67. The molecule has 0 aliphatic carbocycles. The summed E-state index contributed by atoms with van der Waals surface area (Å²) in [6, 6.07) is 0. The van der Waals surface area contributed by atoms with Gasteiger partial charge in [-0.1, -0.05) is 26.3 Å². The van der Waals surface area contributed by atoms with Crippen LogP contribution >= 0.6 is 0 Å². The van der Waals surface area contributed by atoms with Gasteiger partial charge in [0.2, 0.25) is 0 Å². The van der Waals surface area contributed by atoms with E-state index in [1.54, 1.807) is 0 Å². The number of piperidine rings is 1. The van der Waals surface area contributed by atoms with Crippen LogP contribution in [-0.2, 0) is 0 Å². The highest BCUT2D eigenvalue weighted by atomic mass is 14.9. The fraction of sp³-hybridized carbons (Fsp3) is 0.111. The molecule has 1 saturated heterocycles. The molecule has 1 nitrogen and oxygen atoms in total. The molecule has 0 atom stereocenters. The summed E-state index contributed by atoms with van der Waals surface area (Å²) in [7, 11) is 0. The molecule has 0 radical (unpaired) electrons. The molecule has 1 heterocycles. The number of allylic oxidation sites excluding steroid dienone is 1. The molecule has 1 aliphatic heterocycles. The van der Waals surface area contributed by atoms with Crippen molar-refractivity contribution >= 4 is 0 Å². The summed E-state index contributed by atoms with van der Waals surface area (Å²) >= 11 is 0. The van der Waals surface area contributed by atoms with E-state index in [1.807, 2.05) is 0 Å². The van der Waals surface area contributed by atoms with Crippen LogP contribution in [0.1, 0.15) is 0 Å². The molecule has 1 heteroatoms. The summed E-state index contributed by atoms with van der Waals surface area (Å²) in [5, 5.41) is 3.06. The molecule has 1 aliphatic rings. The minimum absolute atomic E-state index is 0.747. The maximum absolute atomic E-state index is 3.83. The molecule has 0 unspecified atom stereocenters. The van der Waals surface area contributed by atoms with Crippen molar-refractivity contribution in [3.05, 3.63) is 48.7 Å². The summed E-state index contributed by atoms with van der Waals surface area (Å²) in [5.74, 6) is 0. The molecule has 0 amide bonds. The van der Waals surface area contributed by atoms with E-state index in [0.29, 0.717) is 0 Å². The first-order chi connectivity index (χ1) is 4.63. The average molecular weight is 133 g/mol. The Kier molecular flexibility index (Phi) is 1.50. The molecule has 1 rings (SSSR count). The fourth-order valence-corrected chi connectivity index (χ4v) is 0.822. The van der Waals surface area contributed by atoms with E-state index in [9.17, 15) is 0 Å². The first-order valence-electron chi connectivity index (χ1n) is 3.12. The zero-order valence-corrected chi connectivity index (χ0v) is 6.04. The van der Waals surface area contributed by atoms with Crippen LogP contribution in [0.5, 0.6) is 0 Å². The van der Waals surface area contributed by atoms with E-state index >= 15 is 0 Å². The lowest BCUT2D eigenvalue weighted by Gasteiger charge is -2.22. The van der Waals surface area contributed by atoms with Crippen molar-refractivity contribution in [3.63, 3.8) is 0 Å². The molecule has 0 aromatic heterocycles. The second-order valence-corrected chi connectivity index (χ2v) is 2.39. The predicted octanol–water partition coefficient (Wildman–Crippen LogP) is 1.77. The first-order valence-corrected chi connectivity index (χ1v) is 3.12. The summed E-state index contributed by atoms with van der Waals surface area (Å²) in [5.41, 5.74) is 3.65. The van der Waals surface area contributed by atoms with Crippen LogP contribution in [0.2, 0.25) is 0 Å². The zero-order valence-electron chi connectivity index (χ0n) is 6.04. The summed E-state index contributed by atoms with van der Waals surface area (Å²) in [6.45, 7) is 16.0. The van der Waals surface area contributed by atoms with E-state index in [-0.39, 0.29) is 0 Å². The lowest BCUT2D eigenvalue weighted by molar-refractivity contribution is 0.863. The van der Waals surface area contributed by atoms with Crippen LogP contribution in [-0.4, -0.2) is 6.54 Å². The predicted molar refractivity (Wildman–Crippen MR) is 44.6 cm³/mol. The van der Waals surface area contributed by atoms with Gasteiger partial charge in [-0.05, 0) is 16.7 Å². The molecular formula is C9H11N. The molecule has 0 aromatic carbocycles. The summed E-state index contributed by atoms with van der Waals surface area (Å²) in [6.07, 6.45) is 0. The van der Waals surface area contributed by atoms with Gasteiger partial charge < -0.3 is 5.32 Å². The number of hydrogen-bond acceptors (Lipinski definition) is 1. The molecule has 0 spiro atoms. The van der Waals surface area contributed by atoms with Crippen molar-refractivity contribution in [2.24, 2.45) is 0 Å². The van der Waals surface area contributed by atoms with Gasteiger partial charge in [0.05, 0.1) is 0 Å². The first kappa shape index (κ1) is 6.87. The molecule has 0 aromatic rings. The molecule has 10 heavy (non-hydrogen) atoms. The lowest BCUT2D eigenvalue weighted by atomic mass is 9.96. The third kappa shape index (κ3) is 0.903. The van der Waals surface area contributed by atoms with E-state index in [0.717, 1.165) is 29.0 Å². The quantitative estimate of drug-likeness (QED) is 0.531. The lowest BCUT2D eigenvalue weighted by Crippen LogP contribution is -2.23. The molecular weight excluding hydrogens is 122 g/mol. The Morgan fingerprint density at radius 3 is 2.10 bits per heavy atom. The standard InChI is InChI=1S/C9H11N/c1-6-5-10-9(4)8(3)7(6)2/h10H,1-5H2. The minimum atomic E-state index is 0.747. The minimum Gasteiger partial charge on any atom is -0.381 e. The van der Waals surface area contributed by atoms with Crippen molar-refractivity contribution in [1.29, 1.82) is 0 Å². The number of hydrogen-bond donors (Lipinski definition) is 1. The van der Waals surface area contributed by atoms with Gasteiger partial charge >= 0.3 is 0 Å². The maximum atomic E-state index is 3.83. The molecule has 0 bridgehead atoms. The van der Waals surface area contributed by atoms with E-state index < -0.39 is 0 Å². The number of nitrogens with one attached hydrogen (secondary N) is 1. The SMILES string of the molecule is C=C1CNC(=C)C(=C)C1=C. The van der Waals surface area contributed by atoms with Crippen LogP contribution in [0.15, 0.2) is 48.7 Å². The Hall–Kier alpha value is -1.24. The van der Waals surface area contributed by atoms with E-state index in [2.05, 4.69) is 31.6 Å². The van der Waals surface area contributed by atoms with Gasteiger partial charge in [-0.3, -0.25) is 0 Å². The number of rotatable bonds is 0. The Balaban J connectivity index is 2.90. The summed E-state index contributed by atoms with van der Waals surface area (Å²) in [4.78, 5) is 0. The van der Waals surface area contributed by atoms with Crippen LogP contribution in [0, 0.1) is 0 Å². The Bertz CT molecular complexity index is 207. The van der Waals surface area contributed by atoms with Crippen LogP contribution in [0.25, 0.3) is 0 Å². The summed E-state index contributed by atoms with van der Waals surface area (Å²) < 4.78 is 0. The van der Waals surface area contributed by atoms with Gasteiger partial charge in [-0.15, -0.1) is 0 Å². The molecule has 0 saturated carbocycles. The topological polar surface area (TPSA) is 12.0 Å². The monoisotopic (exact) mass is 133 g/mol. The van der Waals surface area contributed by atoms with Gasteiger partial charge in [0, 0.05) is 12.2 Å². The van der Waals surface area contributed by atoms with Crippen LogP contribution < -0.4 is 5.32 Å². The van der Waals surface area contributed by atoms with E-state index in [4.69, 9.17) is 0 Å². The van der Waals surface area contributed by atoms with Crippen molar-refractivity contribution in [1.82, 2.24) is 5.32 Å². The zero-order chi connectivity index (χ0) is 7.72. The van der Waals surface area contributed by atoms with Crippen LogP contribution in [0.3, 0.4) is 0 Å². The highest BCUT2D eigenvalue weighted by Crippen LogP contribution is 2.22. The smallest absolute Gasteiger partial charge is 0.0400 e. The van der Waals surface area contributed by atoms with Gasteiger partial charge in [-0.25, -0.2) is 0 Å². The van der Waals surface area contributed by atoms with Gasteiger partial charge in [-0.2, -0.15) is 0 Å². The van der Waals surface area contributed by atoms with E-state index in [1.165, 1.54) is 0 Å². The average Bonchev–Trinajstić information content (AvgIpc) is 1.93. The third-order valence-corrected chi connectivity index (χ3v) is 1.67. The maximum Gasteiger partial charge on any atom is 0.0400 e. The highest BCUT2D eigenvalue weighted by Gasteiger charge is 2.12. The normalized spacial score (nSPS) is 19.2. The second-order valence-electron chi connectivity index (χ2n) is 2.39. The van der Waals surface area contributed by atoms with Crippen molar-refractivity contribution in [3.8, 4) is 0 Å². The van der Waals surface area contributed by atoms with Crippen LogP contribution in [0.4, 0.5) is 0 Å². The van der Waals surface area contributed by atoms with Gasteiger partial charge in [0.1, 0.15) is 0 Å². The van der Waals surface area contributed by atoms with Crippen molar-refractivity contribution < 1.29 is 0 Å². The second kappa shape index (κ2) is 2.18. The Labute approximate surface area is 61.4 Å². The Morgan fingerprint density at radius 2 is 1.60 bits per heavy atom. The van der Waals surface area contributed by atoms with Crippen molar-refractivity contribution in [2.45, 2.75) is 0 Å². The molecule has 1 fully saturated rings. The van der Waals surface area contributed by atoms with Crippen molar-refractivity contribution in [2.75, 3.05) is 6.54 Å². The largest absolute Gasteiger partial charge is 0.381 e. The van der Waals surface area contributed by atoms with Gasteiger partial charge in [0.25, 0.3) is 0 Å². The fourth-order valence-electron chi connectivity index (χ4n) is 0.822. The molecule has 52 valence electrons. The Morgan fingerprint density at radius 1 is 1.00 bits per heavy atom. The highest BCUT2D eigenvalue weighted by molar-refractivity contribution is 5.54. The van der Waals surface area contributed by atoms with Gasteiger partial charge in [0.15, 0.2) is 0 Å². The molecule has 1 N–H and O–H groups in total.